The number of methoxy groups -OCH3 is 1. The van der Waals surface area contributed by atoms with Gasteiger partial charge in [0.1, 0.15) is 0 Å². The average Bonchev–Trinajstić information content (AvgIpc) is 3.36. The van der Waals surface area contributed by atoms with Crippen molar-refractivity contribution in [1.82, 2.24) is 14.8 Å². The number of pyridine rings is 1. The zero-order valence-corrected chi connectivity index (χ0v) is 13.7. The van der Waals surface area contributed by atoms with E-state index in [1.54, 1.807) is 7.11 Å². The lowest BCUT2D eigenvalue weighted by Crippen LogP contribution is -2.37. The summed E-state index contributed by atoms with van der Waals surface area (Å²) >= 11 is 0. The largest absolute Gasteiger partial charge is 0.383 e. The third-order valence-corrected chi connectivity index (χ3v) is 4.72. The number of hydrogen-bond acceptors (Lipinski definition) is 4. The predicted molar refractivity (Wildman–Crippen MR) is 87.2 cm³/mol. The van der Waals surface area contributed by atoms with Crippen molar-refractivity contribution in [3.8, 4) is 0 Å². The average molecular weight is 305 g/mol. The highest BCUT2D eigenvalue weighted by molar-refractivity contribution is 5.30. The molecular weight excluding hydrogens is 278 g/mol. The Balaban J connectivity index is 1.87. The van der Waals surface area contributed by atoms with E-state index in [0.29, 0.717) is 19.2 Å². The second-order valence-electron chi connectivity index (χ2n) is 6.34. The van der Waals surface area contributed by atoms with Crippen molar-refractivity contribution in [2.45, 2.75) is 45.3 Å². The molecule has 2 heterocycles. The first-order valence-electron chi connectivity index (χ1n) is 8.42. The molecule has 22 heavy (non-hydrogen) atoms. The van der Waals surface area contributed by atoms with Crippen LogP contribution in [0.3, 0.4) is 0 Å². The van der Waals surface area contributed by atoms with Crippen molar-refractivity contribution in [2.24, 2.45) is 0 Å². The van der Waals surface area contributed by atoms with Crippen LogP contribution < -0.4 is 10.9 Å². The monoisotopic (exact) mass is 305 g/mol. The van der Waals surface area contributed by atoms with Gasteiger partial charge in [-0.2, -0.15) is 0 Å². The summed E-state index contributed by atoms with van der Waals surface area (Å²) in [5, 5.41) is 3.31. The molecule has 0 amide bonds. The van der Waals surface area contributed by atoms with E-state index < -0.39 is 0 Å². The van der Waals surface area contributed by atoms with Gasteiger partial charge < -0.3 is 14.6 Å². The van der Waals surface area contributed by atoms with E-state index in [1.807, 2.05) is 0 Å². The Hall–Kier alpha value is -1.17. The van der Waals surface area contributed by atoms with Gasteiger partial charge in [0, 0.05) is 57.0 Å². The van der Waals surface area contributed by atoms with Crippen molar-refractivity contribution in [3.05, 3.63) is 33.2 Å². The molecule has 0 unspecified atom stereocenters. The first-order valence-corrected chi connectivity index (χ1v) is 8.42. The van der Waals surface area contributed by atoms with Crippen LogP contribution >= 0.6 is 0 Å². The lowest BCUT2D eigenvalue weighted by Gasteiger charge is -2.30. The van der Waals surface area contributed by atoms with Crippen LogP contribution in [0.2, 0.25) is 0 Å². The van der Waals surface area contributed by atoms with E-state index in [0.717, 1.165) is 51.0 Å². The van der Waals surface area contributed by atoms with E-state index in [9.17, 15) is 4.79 Å². The molecule has 1 aliphatic heterocycles. The maximum Gasteiger partial charge on any atom is 0.255 e. The SMILES string of the molecule is CCN1CCc2c(cc(CNCCOC)c(=O)n2C2CC2)C1. The van der Waals surface area contributed by atoms with Crippen LogP contribution in [0.25, 0.3) is 0 Å². The second kappa shape index (κ2) is 6.94. The van der Waals surface area contributed by atoms with Crippen molar-refractivity contribution in [3.63, 3.8) is 0 Å². The van der Waals surface area contributed by atoms with Crippen LogP contribution in [0, 0.1) is 0 Å². The molecule has 122 valence electrons. The van der Waals surface area contributed by atoms with Gasteiger partial charge in [0.15, 0.2) is 0 Å². The summed E-state index contributed by atoms with van der Waals surface area (Å²) in [5.41, 5.74) is 3.76. The lowest BCUT2D eigenvalue weighted by atomic mass is 10.0. The highest BCUT2D eigenvalue weighted by Gasteiger charge is 2.30. The van der Waals surface area contributed by atoms with Gasteiger partial charge in [-0.25, -0.2) is 0 Å². The van der Waals surface area contributed by atoms with Gasteiger partial charge in [0.05, 0.1) is 6.61 Å². The molecule has 2 aliphatic rings. The van der Waals surface area contributed by atoms with E-state index in [2.05, 4.69) is 27.8 Å². The Labute approximate surface area is 132 Å². The molecule has 5 nitrogen and oxygen atoms in total. The molecule has 0 bridgehead atoms. The van der Waals surface area contributed by atoms with E-state index in [-0.39, 0.29) is 5.56 Å². The number of nitrogens with zero attached hydrogens (tertiary/aromatic N) is 2. The molecule has 0 saturated heterocycles. The zero-order valence-electron chi connectivity index (χ0n) is 13.7. The van der Waals surface area contributed by atoms with Crippen molar-refractivity contribution in [2.75, 3.05) is 33.4 Å². The molecular formula is C17H27N3O2. The van der Waals surface area contributed by atoms with Crippen LogP contribution in [0.5, 0.6) is 0 Å². The molecule has 0 aromatic carbocycles. The van der Waals surface area contributed by atoms with Gasteiger partial charge in [-0.1, -0.05) is 6.92 Å². The number of ether oxygens (including phenoxy) is 1. The van der Waals surface area contributed by atoms with Gasteiger partial charge in [0.2, 0.25) is 0 Å². The first kappa shape index (κ1) is 15.7. The van der Waals surface area contributed by atoms with Crippen LogP contribution in [0.15, 0.2) is 10.9 Å². The summed E-state index contributed by atoms with van der Waals surface area (Å²) in [6.07, 6.45) is 3.32. The number of nitrogens with one attached hydrogen (secondary N) is 1. The van der Waals surface area contributed by atoms with Gasteiger partial charge in [-0.15, -0.1) is 0 Å². The lowest BCUT2D eigenvalue weighted by molar-refractivity contribution is 0.199. The Kier molecular flexibility index (Phi) is 4.96. The Morgan fingerprint density at radius 3 is 2.91 bits per heavy atom. The Morgan fingerprint density at radius 1 is 1.41 bits per heavy atom. The molecule has 0 atom stereocenters. The smallest absolute Gasteiger partial charge is 0.255 e. The van der Waals surface area contributed by atoms with Gasteiger partial charge in [-0.3, -0.25) is 9.69 Å². The summed E-state index contributed by atoms with van der Waals surface area (Å²) in [7, 11) is 1.69. The third kappa shape index (κ3) is 3.26. The minimum absolute atomic E-state index is 0.219. The first-order chi connectivity index (χ1) is 10.7. The highest BCUT2D eigenvalue weighted by atomic mass is 16.5. The second-order valence-corrected chi connectivity index (χ2v) is 6.34. The summed E-state index contributed by atoms with van der Waals surface area (Å²) in [6, 6.07) is 2.59. The van der Waals surface area contributed by atoms with E-state index in [4.69, 9.17) is 4.74 Å². The summed E-state index contributed by atoms with van der Waals surface area (Å²) in [6.45, 7) is 7.40. The number of rotatable bonds is 7. The number of aromatic nitrogens is 1. The quantitative estimate of drug-likeness (QED) is 0.771. The Bertz CT molecular complexity index is 578. The number of likely N-dealkylation sites (N-methyl/N-ethyl adjacent to an activating group) is 1. The molecule has 1 aliphatic carbocycles. The van der Waals surface area contributed by atoms with Gasteiger partial charge in [-0.05, 0) is 31.0 Å². The molecule has 0 radical (unpaired) electrons. The molecule has 3 rings (SSSR count). The minimum Gasteiger partial charge on any atom is -0.383 e. The molecule has 1 N–H and O–H groups in total. The van der Waals surface area contributed by atoms with Crippen LogP contribution in [-0.2, 0) is 24.2 Å². The highest BCUT2D eigenvalue weighted by Crippen LogP contribution is 2.36. The molecule has 1 saturated carbocycles. The topological polar surface area (TPSA) is 46.5 Å². The van der Waals surface area contributed by atoms with Crippen LogP contribution in [-0.4, -0.2) is 42.8 Å². The van der Waals surface area contributed by atoms with Crippen molar-refractivity contribution in [1.29, 1.82) is 0 Å². The van der Waals surface area contributed by atoms with Crippen LogP contribution in [0.4, 0.5) is 0 Å². The number of fused-ring (bicyclic) bond motifs is 1. The Morgan fingerprint density at radius 2 is 2.23 bits per heavy atom. The molecule has 1 aromatic heterocycles. The van der Waals surface area contributed by atoms with Crippen molar-refractivity contribution < 1.29 is 4.74 Å². The fraction of sp³-hybridized carbons (Fsp3) is 0.706. The third-order valence-electron chi connectivity index (χ3n) is 4.72. The summed E-state index contributed by atoms with van der Waals surface area (Å²) in [4.78, 5) is 15.3. The minimum atomic E-state index is 0.219. The van der Waals surface area contributed by atoms with Gasteiger partial charge in [0.25, 0.3) is 5.56 Å². The van der Waals surface area contributed by atoms with Crippen molar-refractivity contribution >= 4 is 0 Å². The standard InChI is InChI=1S/C17H27N3O2/c1-3-19-8-6-16-14(12-19)10-13(11-18-7-9-22-2)17(21)20(16)15-4-5-15/h10,15,18H,3-9,11-12H2,1-2H3. The maximum absolute atomic E-state index is 12.8. The fourth-order valence-corrected chi connectivity index (χ4v) is 3.30. The van der Waals surface area contributed by atoms with Crippen LogP contribution in [0.1, 0.15) is 42.6 Å². The zero-order chi connectivity index (χ0) is 15.5. The van der Waals surface area contributed by atoms with Gasteiger partial charge >= 0.3 is 0 Å². The molecule has 5 heteroatoms. The fourth-order valence-electron chi connectivity index (χ4n) is 3.30. The molecule has 1 aromatic rings. The van der Waals surface area contributed by atoms with E-state index in [1.165, 1.54) is 11.3 Å². The summed E-state index contributed by atoms with van der Waals surface area (Å²) < 4.78 is 7.16. The molecule has 0 spiro atoms. The normalized spacial score (nSPS) is 18.5. The van der Waals surface area contributed by atoms with E-state index >= 15 is 0 Å². The maximum atomic E-state index is 12.8. The summed E-state index contributed by atoms with van der Waals surface area (Å²) in [5.74, 6) is 0. The number of hydrogen-bond donors (Lipinski definition) is 1. The predicted octanol–water partition coefficient (Wildman–Crippen LogP) is 1.30. The molecule has 1 fully saturated rings.